The first-order valence-corrected chi connectivity index (χ1v) is 12.7. The molecule has 2 fully saturated rings. The molecule has 2 aromatic carbocycles. The predicted octanol–water partition coefficient (Wildman–Crippen LogP) is -2.10. The molecule has 14 nitrogen and oxygen atoms in total. The molecule has 3 heterocycles. The van der Waals surface area contributed by atoms with Crippen LogP contribution in [0.25, 0.3) is 22.3 Å². The second kappa shape index (κ2) is 11.3. The number of hydrogen-bond donors (Lipinski definition) is 10. The molecule has 5 rings (SSSR count). The fourth-order valence-electron chi connectivity index (χ4n) is 5.37. The van der Waals surface area contributed by atoms with E-state index < -0.39 is 113 Å². The quantitative estimate of drug-likeness (QED) is 0.156. The molecule has 2 saturated heterocycles. The van der Waals surface area contributed by atoms with Crippen LogP contribution in [-0.2, 0) is 9.47 Å². The van der Waals surface area contributed by atoms with Gasteiger partial charge in [-0.25, -0.2) is 0 Å². The number of phenolic OH excluding ortho intramolecular Hbond substituents is 2. The lowest BCUT2D eigenvalue weighted by Gasteiger charge is -2.42. The Hall–Kier alpha value is -3.15. The third kappa shape index (κ3) is 4.77. The number of aliphatic hydroxyl groups is 8. The van der Waals surface area contributed by atoms with Crippen molar-refractivity contribution < 1.29 is 65.0 Å². The lowest BCUT2D eigenvalue weighted by molar-refractivity contribution is -0.234. The average Bonchev–Trinajstić information content (AvgIpc) is 2.97. The molecular weight excluding hydrogens is 548 g/mol. The summed E-state index contributed by atoms with van der Waals surface area (Å²) in [5.74, 6) is -1.92. The van der Waals surface area contributed by atoms with Crippen LogP contribution in [0, 0.1) is 0 Å². The summed E-state index contributed by atoms with van der Waals surface area (Å²) in [6, 6.07) is 9.30. The van der Waals surface area contributed by atoms with Crippen LogP contribution >= 0.6 is 0 Å². The van der Waals surface area contributed by atoms with Crippen LogP contribution in [0.4, 0.5) is 0 Å². The Morgan fingerprint density at radius 1 is 0.659 bits per heavy atom. The van der Waals surface area contributed by atoms with Crippen LogP contribution in [0.5, 0.6) is 11.5 Å². The van der Waals surface area contributed by atoms with E-state index in [0.717, 1.165) is 6.07 Å². The second-order valence-electron chi connectivity index (χ2n) is 10.1. The minimum absolute atomic E-state index is 0.0201. The van der Waals surface area contributed by atoms with Gasteiger partial charge in [0.1, 0.15) is 83.7 Å². The Balaban J connectivity index is 1.82. The monoisotopic (exact) mass is 578 g/mol. The van der Waals surface area contributed by atoms with Crippen molar-refractivity contribution in [2.45, 2.75) is 61.0 Å². The summed E-state index contributed by atoms with van der Waals surface area (Å²) in [7, 11) is 0. The molecule has 222 valence electrons. The van der Waals surface area contributed by atoms with Crippen LogP contribution in [0.1, 0.15) is 23.3 Å². The zero-order chi connectivity index (χ0) is 29.7. The average molecular weight is 579 g/mol. The fraction of sp³-hybridized carbons (Fsp3) is 0.444. The summed E-state index contributed by atoms with van der Waals surface area (Å²) in [4.78, 5) is 13.4. The van der Waals surface area contributed by atoms with Crippen molar-refractivity contribution in [3.05, 3.63) is 57.7 Å². The fourth-order valence-corrected chi connectivity index (χ4v) is 5.37. The zero-order valence-corrected chi connectivity index (χ0v) is 21.3. The molecule has 0 bridgehead atoms. The lowest BCUT2D eigenvalue weighted by atomic mass is 9.85. The van der Waals surface area contributed by atoms with Gasteiger partial charge in [-0.05, 0) is 0 Å². The summed E-state index contributed by atoms with van der Waals surface area (Å²) in [5.41, 5.74) is -2.12. The Morgan fingerprint density at radius 2 is 1.17 bits per heavy atom. The standard InChI is InChI=1S/C27H30O14/c28-7-12-17(31)21(35)23(37)26(40-12)15-19(33)14-10(30)6-11(9-4-2-1-3-5-9)39-25(14)16(20(15)34)27-24(38)22(36)18(32)13(8-29)41-27/h1-6,12-13,17-18,21-24,26-29,31-38H,7-8H2/t12-,13-,17+,18+,21-,22-,23-,24-,26+,27-/m1/s1. The lowest BCUT2D eigenvalue weighted by Crippen LogP contribution is -2.55. The summed E-state index contributed by atoms with van der Waals surface area (Å²) >= 11 is 0. The van der Waals surface area contributed by atoms with E-state index in [2.05, 4.69) is 0 Å². The van der Waals surface area contributed by atoms with Gasteiger partial charge in [0.2, 0.25) is 0 Å². The summed E-state index contributed by atoms with van der Waals surface area (Å²) in [6.07, 6.45) is -17.9. The molecular formula is C27H30O14. The summed E-state index contributed by atoms with van der Waals surface area (Å²) in [5, 5.41) is 105. The number of rotatable bonds is 5. The van der Waals surface area contributed by atoms with Gasteiger partial charge in [0.25, 0.3) is 0 Å². The van der Waals surface area contributed by atoms with E-state index in [1.807, 2.05) is 0 Å². The number of ether oxygens (including phenoxy) is 2. The van der Waals surface area contributed by atoms with Crippen LogP contribution in [0.15, 0.2) is 45.6 Å². The molecule has 2 aliphatic heterocycles. The molecule has 41 heavy (non-hydrogen) atoms. The molecule has 2 aliphatic rings. The molecule has 0 aliphatic carbocycles. The maximum atomic E-state index is 13.4. The van der Waals surface area contributed by atoms with Crippen molar-refractivity contribution in [3.8, 4) is 22.8 Å². The maximum Gasteiger partial charge on any atom is 0.197 e. The van der Waals surface area contributed by atoms with Gasteiger partial charge in [-0.3, -0.25) is 4.79 Å². The molecule has 14 heteroatoms. The normalized spacial score (nSPS) is 34.1. The predicted molar refractivity (Wildman–Crippen MR) is 137 cm³/mol. The van der Waals surface area contributed by atoms with Gasteiger partial charge < -0.3 is 65.0 Å². The number of aliphatic hydroxyl groups excluding tert-OH is 8. The number of aromatic hydroxyl groups is 2. The number of phenols is 2. The van der Waals surface area contributed by atoms with E-state index in [1.54, 1.807) is 30.3 Å². The topological polar surface area (TPSA) is 251 Å². The molecule has 10 atom stereocenters. The van der Waals surface area contributed by atoms with Gasteiger partial charge in [0, 0.05) is 11.6 Å². The molecule has 1 aromatic heterocycles. The second-order valence-corrected chi connectivity index (χ2v) is 10.1. The summed E-state index contributed by atoms with van der Waals surface area (Å²) < 4.78 is 17.1. The van der Waals surface area contributed by atoms with Gasteiger partial charge in [-0.2, -0.15) is 0 Å². The Labute approximate surface area is 231 Å². The Morgan fingerprint density at radius 3 is 1.68 bits per heavy atom. The van der Waals surface area contributed by atoms with Crippen LogP contribution < -0.4 is 5.43 Å². The van der Waals surface area contributed by atoms with Crippen molar-refractivity contribution in [1.29, 1.82) is 0 Å². The first-order chi connectivity index (χ1) is 19.5. The van der Waals surface area contributed by atoms with Gasteiger partial charge in [-0.1, -0.05) is 30.3 Å². The van der Waals surface area contributed by atoms with Crippen LogP contribution in [-0.4, -0.2) is 113 Å². The van der Waals surface area contributed by atoms with E-state index in [4.69, 9.17) is 13.9 Å². The van der Waals surface area contributed by atoms with Crippen molar-refractivity contribution in [1.82, 2.24) is 0 Å². The Bertz CT molecular complexity index is 1450. The third-order valence-electron chi connectivity index (χ3n) is 7.61. The maximum absolute atomic E-state index is 13.4. The summed E-state index contributed by atoms with van der Waals surface area (Å²) in [6.45, 7) is -1.66. The molecule has 0 spiro atoms. The van der Waals surface area contributed by atoms with E-state index in [0.29, 0.717) is 5.56 Å². The van der Waals surface area contributed by atoms with Crippen LogP contribution in [0.3, 0.4) is 0 Å². The van der Waals surface area contributed by atoms with E-state index in [9.17, 15) is 55.9 Å². The molecule has 10 N–H and O–H groups in total. The highest BCUT2D eigenvalue weighted by Gasteiger charge is 2.50. The highest BCUT2D eigenvalue weighted by molar-refractivity contribution is 5.91. The van der Waals surface area contributed by atoms with Gasteiger partial charge in [0.05, 0.1) is 24.3 Å². The van der Waals surface area contributed by atoms with E-state index >= 15 is 0 Å². The molecule has 3 aromatic rings. The SMILES string of the molecule is O=c1cc(-c2ccccc2)oc2c([C@H]3O[C@H](CO)[C@H](O)[C@@H](O)[C@H]3O)c(O)c([C@@H]3O[C@H](CO)[C@H](O)[C@@H](O)[C@H]3O)c(O)c12. The first-order valence-electron chi connectivity index (χ1n) is 12.7. The number of benzene rings is 2. The molecule has 0 unspecified atom stereocenters. The van der Waals surface area contributed by atoms with Crippen molar-refractivity contribution >= 4 is 11.0 Å². The van der Waals surface area contributed by atoms with Crippen molar-refractivity contribution in [2.24, 2.45) is 0 Å². The number of fused-ring (bicyclic) bond motifs is 1. The highest BCUT2D eigenvalue weighted by Crippen LogP contribution is 2.50. The van der Waals surface area contributed by atoms with E-state index in [-0.39, 0.29) is 5.76 Å². The third-order valence-corrected chi connectivity index (χ3v) is 7.61. The van der Waals surface area contributed by atoms with Crippen molar-refractivity contribution in [3.63, 3.8) is 0 Å². The minimum Gasteiger partial charge on any atom is -0.507 e. The number of hydrogen-bond acceptors (Lipinski definition) is 14. The van der Waals surface area contributed by atoms with Gasteiger partial charge >= 0.3 is 0 Å². The zero-order valence-electron chi connectivity index (χ0n) is 21.3. The Kier molecular flexibility index (Phi) is 8.06. The van der Waals surface area contributed by atoms with E-state index in [1.165, 1.54) is 0 Å². The minimum atomic E-state index is -2.00. The van der Waals surface area contributed by atoms with Crippen LogP contribution in [0.2, 0.25) is 0 Å². The first kappa shape index (κ1) is 29.3. The smallest absolute Gasteiger partial charge is 0.197 e. The van der Waals surface area contributed by atoms with Gasteiger partial charge in [0.15, 0.2) is 11.0 Å². The molecule has 0 saturated carbocycles. The van der Waals surface area contributed by atoms with Gasteiger partial charge in [-0.15, -0.1) is 0 Å². The van der Waals surface area contributed by atoms with Crippen molar-refractivity contribution in [2.75, 3.05) is 13.2 Å². The highest BCUT2D eigenvalue weighted by atomic mass is 16.6. The largest absolute Gasteiger partial charge is 0.507 e. The molecule has 0 radical (unpaired) electrons. The molecule has 0 amide bonds.